The van der Waals surface area contributed by atoms with Crippen LogP contribution >= 0.6 is 7.82 Å². The normalized spacial score (nSPS) is 14.1. The van der Waals surface area contributed by atoms with Gasteiger partial charge >= 0.3 is 19.8 Å². The summed E-state index contributed by atoms with van der Waals surface area (Å²) in [7, 11) is 1.46. The van der Waals surface area contributed by atoms with Gasteiger partial charge in [0.1, 0.15) is 19.8 Å². The molecule has 92 heavy (non-hydrogen) atoms. The first-order chi connectivity index (χ1) is 45.0. The molecule has 0 aliphatic carbocycles. The number of ether oxygens (including phenoxy) is 2. The maximum Gasteiger partial charge on any atom is 0.472 e. The van der Waals surface area contributed by atoms with Gasteiger partial charge < -0.3 is 18.9 Å². The molecule has 2 atom stereocenters. The van der Waals surface area contributed by atoms with Crippen LogP contribution in [0, 0.1) is 0 Å². The van der Waals surface area contributed by atoms with Crippen LogP contribution in [0.5, 0.6) is 0 Å². The molecule has 0 aliphatic heterocycles. The third-order valence-corrected chi connectivity index (χ3v) is 16.2. The molecule has 0 aromatic carbocycles. The van der Waals surface area contributed by atoms with Gasteiger partial charge in [-0.3, -0.25) is 18.6 Å². The van der Waals surface area contributed by atoms with Crippen molar-refractivity contribution in [2.75, 3.05) is 47.5 Å². The minimum atomic E-state index is -4.41. The summed E-state index contributed by atoms with van der Waals surface area (Å²) in [6.45, 7) is 4.20. The molecule has 0 aromatic rings. The van der Waals surface area contributed by atoms with Crippen LogP contribution in [0.4, 0.5) is 0 Å². The quantitative estimate of drug-likeness (QED) is 0.0211. The topological polar surface area (TPSA) is 108 Å². The largest absolute Gasteiger partial charge is 0.472 e. The summed E-state index contributed by atoms with van der Waals surface area (Å²) in [4.78, 5) is 35.9. The molecule has 10 heteroatoms. The van der Waals surface area contributed by atoms with Crippen molar-refractivity contribution in [3.63, 3.8) is 0 Å². The summed E-state index contributed by atoms with van der Waals surface area (Å²) < 4.78 is 34.8. The van der Waals surface area contributed by atoms with Crippen LogP contribution < -0.4 is 0 Å². The zero-order chi connectivity index (χ0) is 66.9. The monoisotopic (exact) mass is 1300 g/mol. The number of phosphoric acid groups is 1. The lowest BCUT2D eigenvalue weighted by atomic mass is 10.0. The van der Waals surface area contributed by atoms with Gasteiger partial charge in [0.2, 0.25) is 0 Å². The van der Waals surface area contributed by atoms with Gasteiger partial charge in [0.25, 0.3) is 0 Å². The number of hydrogen-bond acceptors (Lipinski definition) is 7. The summed E-state index contributed by atoms with van der Waals surface area (Å²) in [5.74, 6) is -0.809. The van der Waals surface area contributed by atoms with Crippen LogP contribution in [0.25, 0.3) is 0 Å². The zero-order valence-corrected chi connectivity index (χ0v) is 60.4. The van der Waals surface area contributed by atoms with E-state index in [1.54, 1.807) is 0 Å². The second-order valence-electron chi connectivity index (χ2n) is 25.2. The molecule has 522 valence electrons. The van der Waals surface area contributed by atoms with Crippen molar-refractivity contribution in [3.05, 3.63) is 170 Å². The fourth-order valence-electron chi connectivity index (χ4n) is 9.68. The summed E-state index contributed by atoms with van der Waals surface area (Å²) in [6.07, 6.45) is 107. The Balaban J connectivity index is 4.08. The number of likely N-dealkylation sites (N-methyl/N-ethyl adjacent to an activating group) is 1. The van der Waals surface area contributed by atoms with Crippen molar-refractivity contribution in [1.29, 1.82) is 0 Å². The molecule has 0 aliphatic rings. The van der Waals surface area contributed by atoms with E-state index in [9.17, 15) is 19.0 Å². The van der Waals surface area contributed by atoms with E-state index in [1.807, 2.05) is 21.1 Å². The highest BCUT2D eigenvalue weighted by Crippen LogP contribution is 2.43. The van der Waals surface area contributed by atoms with Crippen LogP contribution in [0.15, 0.2) is 170 Å². The van der Waals surface area contributed by atoms with Gasteiger partial charge in [-0.1, -0.05) is 312 Å². The van der Waals surface area contributed by atoms with E-state index in [2.05, 4.69) is 184 Å². The van der Waals surface area contributed by atoms with Gasteiger partial charge in [0, 0.05) is 12.8 Å². The van der Waals surface area contributed by atoms with Crippen molar-refractivity contribution >= 4 is 19.8 Å². The molecule has 0 radical (unpaired) electrons. The Bertz CT molecular complexity index is 2160. The van der Waals surface area contributed by atoms with Gasteiger partial charge in [0.05, 0.1) is 27.7 Å². The second kappa shape index (κ2) is 70.7. The Morgan fingerprint density at radius 2 is 0.587 bits per heavy atom. The van der Waals surface area contributed by atoms with Gasteiger partial charge in [-0.2, -0.15) is 0 Å². The molecule has 1 N–H and O–H groups in total. The Morgan fingerprint density at radius 1 is 0.337 bits per heavy atom. The summed E-state index contributed by atoms with van der Waals surface area (Å²) in [5.41, 5.74) is 0. The molecule has 0 saturated carbocycles. The molecular weight excluding hydrogens is 1160 g/mol. The maximum atomic E-state index is 12.9. The minimum Gasteiger partial charge on any atom is -0.462 e. The van der Waals surface area contributed by atoms with Crippen LogP contribution in [-0.4, -0.2) is 74.9 Å². The van der Waals surface area contributed by atoms with Gasteiger partial charge in [-0.25, -0.2) is 4.57 Å². The molecule has 0 spiro atoms. The van der Waals surface area contributed by atoms with E-state index in [0.717, 1.165) is 141 Å². The number of rotatable bonds is 66. The van der Waals surface area contributed by atoms with Crippen LogP contribution in [0.2, 0.25) is 0 Å². The van der Waals surface area contributed by atoms with Crippen molar-refractivity contribution in [3.8, 4) is 0 Å². The molecule has 0 aromatic heterocycles. The van der Waals surface area contributed by atoms with E-state index >= 15 is 0 Å². The molecular formula is C82H137NO8P+. The van der Waals surface area contributed by atoms with Gasteiger partial charge in [-0.05, 0) is 128 Å². The SMILES string of the molecule is CC/C=C\C/C=C\C/C=C\C/C=C\C/C=C\C/C=C\C/C=C\CCCCCCCCCCCCCCCCCC(=O)OC(COC(=O)CCCCCCCCCCC/C=C\C/C=C\C/C=C\C/C=C\C/C=C\C/C=C\C/C=C\CC)COP(=O)(O)OCC[N+](C)(C)C. The third-order valence-electron chi connectivity index (χ3n) is 15.2. The molecule has 0 bridgehead atoms. The summed E-state index contributed by atoms with van der Waals surface area (Å²) >= 11 is 0. The number of allylic oxidation sites excluding steroid dienone is 28. The first-order valence-corrected chi connectivity index (χ1v) is 38.4. The Labute approximate surface area is 566 Å². The molecule has 0 rings (SSSR count). The Morgan fingerprint density at radius 3 is 0.870 bits per heavy atom. The highest BCUT2D eigenvalue weighted by molar-refractivity contribution is 7.47. The van der Waals surface area contributed by atoms with Crippen LogP contribution in [0.1, 0.15) is 284 Å². The molecule has 2 unspecified atom stereocenters. The summed E-state index contributed by atoms with van der Waals surface area (Å²) in [5, 5.41) is 0. The highest BCUT2D eigenvalue weighted by Gasteiger charge is 2.27. The van der Waals surface area contributed by atoms with Crippen molar-refractivity contribution in [1.82, 2.24) is 0 Å². The number of hydrogen-bond donors (Lipinski definition) is 1. The fraction of sp³-hybridized carbons (Fsp3) is 0.634. The highest BCUT2D eigenvalue weighted by atomic mass is 31.2. The third kappa shape index (κ3) is 74.4. The van der Waals surface area contributed by atoms with E-state index in [-0.39, 0.29) is 32.0 Å². The smallest absolute Gasteiger partial charge is 0.462 e. The number of quaternary nitrogens is 1. The summed E-state index contributed by atoms with van der Waals surface area (Å²) in [6, 6.07) is 0. The number of unbranched alkanes of at least 4 members (excludes halogenated alkanes) is 24. The molecule has 9 nitrogen and oxygen atoms in total. The van der Waals surface area contributed by atoms with Crippen molar-refractivity contribution < 1.29 is 42.1 Å². The number of phosphoric ester groups is 1. The molecule has 0 fully saturated rings. The average Bonchev–Trinajstić information content (AvgIpc) is 2.34. The Hall–Kier alpha value is -4.63. The fourth-order valence-corrected chi connectivity index (χ4v) is 10.4. The molecule has 0 heterocycles. The van der Waals surface area contributed by atoms with E-state index in [0.29, 0.717) is 17.4 Å². The van der Waals surface area contributed by atoms with Gasteiger partial charge in [0.15, 0.2) is 6.10 Å². The van der Waals surface area contributed by atoms with Crippen LogP contribution in [-0.2, 0) is 32.7 Å². The molecule has 0 saturated heterocycles. The Kier molecular flexibility index (Phi) is 67.1. The number of carbonyl (C=O) groups excluding carboxylic acids is 2. The lowest BCUT2D eigenvalue weighted by molar-refractivity contribution is -0.870. The van der Waals surface area contributed by atoms with E-state index < -0.39 is 26.5 Å². The van der Waals surface area contributed by atoms with E-state index in [4.69, 9.17) is 18.5 Å². The van der Waals surface area contributed by atoms with Crippen molar-refractivity contribution in [2.24, 2.45) is 0 Å². The number of carbonyl (C=O) groups is 2. The van der Waals surface area contributed by atoms with Gasteiger partial charge in [-0.15, -0.1) is 0 Å². The van der Waals surface area contributed by atoms with Crippen molar-refractivity contribution in [2.45, 2.75) is 290 Å². The first-order valence-electron chi connectivity index (χ1n) is 36.9. The van der Waals surface area contributed by atoms with Crippen LogP contribution in [0.3, 0.4) is 0 Å². The first kappa shape index (κ1) is 87.4. The zero-order valence-electron chi connectivity index (χ0n) is 59.5. The average molecular weight is 1300 g/mol. The lowest BCUT2D eigenvalue weighted by Gasteiger charge is -2.24. The maximum absolute atomic E-state index is 12.9. The predicted molar refractivity (Wildman–Crippen MR) is 399 cm³/mol. The second-order valence-corrected chi connectivity index (χ2v) is 26.7. The van der Waals surface area contributed by atoms with E-state index in [1.165, 1.54) is 109 Å². The lowest BCUT2D eigenvalue weighted by Crippen LogP contribution is -2.37. The standard InChI is InChI=1S/C82H136NO8P/c1-6-8-10-12-14-16-18-20-22-24-26-28-30-32-34-36-38-39-40-41-42-43-45-47-49-51-53-55-57-59-61-63-65-67-69-71-73-75-82(85)91-80(79-90-92(86,87)89-77-76-83(3,4)5)78-88-81(84)74-72-70-68-66-64-62-60-58-56-54-52-50-48-46-44-37-35-33-31-29-27-25-23-21-19-17-15-13-11-9-7-2/h8-11,14-17,20-23,26-29,32-35,38-39,41-42,44,46,50,52,80H,6-7,12-13,18-19,24-25,30-31,36-37,40,43,45,47-49,51,53-79H2,1-5H3/p+1/b10-8-,11-9-,16-14-,17-15-,22-20-,23-21-,28-26-,29-27-,34-32-,35-33-,39-38-,42-41-,46-44-,52-50-. The number of nitrogens with zero attached hydrogens (tertiary/aromatic N) is 1. The predicted octanol–water partition coefficient (Wildman–Crippen LogP) is 24.5. The molecule has 0 amide bonds. The number of esters is 2. The minimum absolute atomic E-state index is 0.0233.